The van der Waals surface area contributed by atoms with Crippen molar-refractivity contribution in [3.05, 3.63) is 72.6 Å². The van der Waals surface area contributed by atoms with Gasteiger partial charge in [0, 0.05) is 7.05 Å². The van der Waals surface area contributed by atoms with Crippen molar-refractivity contribution in [1.82, 2.24) is 24.6 Å². The van der Waals surface area contributed by atoms with Gasteiger partial charge in [0.2, 0.25) is 12.1 Å². The van der Waals surface area contributed by atoms with E-state index in [1.807, 2.05) is 0 Å². The lowest BCUT2D eigenvalue weighted by molar-refractivity contribution is -0.206. The van der Waals surface area contributed by atoms with Crippen LogP contribution >= 0.6 is 7.75 Å². The minimum atomic E-state index is -4.71. The summed E-state index contributed by atoms with van der Waals surface area (Å²) in [5.41, 5.74) is 3.64. The lowest BCUT2D eigenvalue weighted by Gasteiger charge is -2.30. The smallest absolute Gasteiger partial charge is 0.462 e. The molecular formula is C32H38F2N7O9P. The summed E-state index contributed by atoms with van der Waals surface area (Å²) in [5, 5.41) is 5.22. The van der Waals surface area contributed by atoms with Crippen LogP contribution in [0.2, 0.25) is 0 Å². The third-order valence-electron chi connectivity index (χ3n) is 7.49. The predicted molar refractivity (Wildman–Crippen MR) is 179 cm³/mol. The first-order valence-corrected chi connectivity index (χ1v) is 17.3. The zero-order valence-electron chi connectivity index (χ0n) is 28.3. The summed E-state index contributed by atoms with van der Waals surface area (Å²) in [5.74, 6) is -4.19. The monoisotopic (exact) mass is 733 g/mol. The number of anilines is 2. The number of fused-ring (bicyclic) bond motifs is 1. The first kappa shape index (κ1) is 37.4. The van der Waals surface area contributed by atoms with Crippen LogP contribution in [-0.2, 0) is 39.4 Å². The number of carbonyl (C=O) groups is 2. The standard InChI is InChI=1S/C32H38F2N7O9P/c1-19(2)47-26(42)20(3)40-51(44,50-22-14-10-7-11-15-22)46-17-32(34)27(48-30(43)45-16-21-12-8-6-9-13-21)31(4,33)28(49-32)41-18-37-23-24(36-5)38-29(35)39-25(23)41/h6-15,18-20,27-28H,16-17H2,1-5H3,(H,40,44)(H3,35,36,38,39)/t20-,27-,28+,31+,32+,51?/m0/s1. The van der Waals surface area contributed by atoms with Gasteiger partial charge in [0.05, 0.1) is 12.4 Å². The fourth-order valence-corrected chi connectivity index (χ4v) is 6.69. The van der Waals surface area contributed by atoms with Crippen LogP contribution in [0.3, 0.4) is 0 Å². The highest BCUT2D eigenvalue weighted by molar-refractivity contribution is 7.52. The second kappa shape index (κ2) is 15.1. The van der Waals surface area contributed by atoms with Crippen molar-refractivity contribution in [3.63, 3.8) is 0 Å². The van der Waals surface area contributed by atoms with Crippen molar-refractivity contribution in [1.29, 1.82) is 0 Å². The van der Waals surface area contributed by atoms with Gasteiger partial charge in [-0.05, 0) is 45.4 Å². The van der Waals surface area contributed by atoms with Gasteiger partial charge in [-0.1, -0.05) is 48.5 Å². The fourth-order valence-electron chi connectivity index (χ4n) is 5.19. The molecule has 1 aliphatic heterocycles. The maximum Gasteiger partial charge on any atom is 0.509 e. The molecule has 0 radical (unpaired) electrons. The van der Waals surface area contributed by atoms with Crippen LogP contribution in [-0.4, -0.2) is 75.1 Å². The fraction of sp³-hybridized carbons (Fsp3) is 0.406. The van der Waals surface area contributed by atoms with E-state index < -0.39 is 62.5 Å². The number of hydrogen-bond donors (Lipinski definition) is 3. The van der Waals surface area contributed by atoms with E-state index >= 15 is 8.78 Å². The molecule has 51 heavy (non-hydrogen) atoms. The number of rotatable bonds is 14. The lowest BCUT2D eigenvalue weighted by atomic mass is 9.97. The number of aromatic nitrogens is 4. The van der Waals surface area contributed by atoms with Gasteiger partial charge in [-0.25, -0.2) is 23.1 Å². The van der Waals surface area contributed by atoms with Gasteiger partial charge in [-0.2, -0.15) is 15.1 Å². The maximum atomic E-state index is 17.3. The summed E-state index contributed by atoms with van der Waals surface area (Å²) in [7, 11) is -3.16. The number of nitrogens with zero attached hydrogens (tertiary/aromatic N) is 4. The quantitative estimate of drug-likeness (QED) is 0.112. The van der Waals surface area contributed by atoms with Gasteiger partial charge in [0.25, 0.3) is 5.85 Å². The van der Waals surface area contributed by atoms with E-state index in [0.29, 0.717) is 5.56 Å². The molecule has 4 N–H and O–H groups in total. The molecule has 0 amide bonds. The number of esters is 1. The molecule has 2 aromatic heterocycles. The molecule has 1 aliphatic rings. The Bertz CT molecular complexity index is 1890. The lowest BCUT2D eigenvalue weighted by Crippen LogP contribution is -2.50. The molecule has 16 nitrogen and oxygen atoms in total. The summed E-state index contributed by atoms with van der Waals surface area (Å²) >= 11 is 0. The third-order valence-corrected chi connectivity index (χ3v) is 9.12. The molecule has 1 saturated heterocycles. The number of nitrogens with one attached hydrogen (secondary N) is 2. The first-order chi connectivity index (χ1) is 24.1. The van der Waals surface area contributed by atoms with E-state index in [0.717, 1.165) is 17.8 Å². The minimum absolute atomic E-state index is 0.0194. The third kappa shape index (κ3) is 8.53. The Hall–Kier alpha value is -4.90. The van der Waals surface area contributed by atoms with E-state index in [9.17, 15) is 14.2 Å². The van der Waals surface area contributed by atoms with Gasteiger partial charge in [-0.15, -0.1) is 0 Å². The molecule has 0 spiro atoms. The molecule has 4 aromatic rings. The number of ether oxygens (including phenoxy) is 4. The second-order valence-corrected chi connectivity index (χ2v) is 13.6. The highest BCUT2D eigenvalue weighted by Gasteiger charge is 2.68. The summed E-state index contributed by atoms with van der Waals surface area (Å²) in [6.07, 6.45) is -5.17. The molecule has 2 aromatic carbocycles. The van der Waals surface area contributed by atoms with Gasteiger partial charge in [0.1, 0.15) is 25.0 Å². The highest BCUT2D eigenvalue weighted by atomic mass is 31.2. The van der Waals surface area contributed by atoms with Crippen molar-refractivity contribution >= 4 is 42.8 Å². The molecule has 19 heteroatoms. The highest BCUT2D eigenvalue weighted by Crippen LogP contribution is 2.53. The summed E-state index contributed by atoms with van der Waals surface area (Å²) < 4.78 is 81.9. The van der Waals surface area contributed by atoms with Crippen molar-refractivity contribution in [2.24, 2.45) is 0 Å². The zero-order valence-corrected chi connectivity index (χ0v) is 29.2. The Balaban J connectivity index is 1.48. The van der Waals surface area contributed by atoms with E-state index in [2.05, 4.69) is 25.4 Å². The molecular weight excluding hydrogens is 695 g/mol. The molecule has 3 heterocycles. The molecule has 274 valence electrons. The Labute approximate surface area is 291 Å². The Morgan fingerprint density at radius 1 is 1.08 bits per heavy atom. The molecule has 0 aliphatic carbocycles. The minimum Gasteiger partial charge on any atom is -0.462 e. The Kier molecular flexibility index (Phi) is 11.1. The topological polar surface area (TPSA) is 200 Å². The van der Waals surface area contributed by atoms with Gasteiger partial charge in [-0.3, -0.25) is 13.9 Å². The number of benzene rings is 2. The normalized spacial score (nSPS) is 23.4. The van der Waals surface area contributed by atoms with Crippen LogP contribution in [0.1, 0.15) is 39.5 Å². The molecule has 6 atom stereocenters. The number of hydrogen-bond acceptors (Lipinski definition) is 14. The van der Waals surface area contributed by atoms with Gasteiger partial charge in [0.15, 0.2) is 28.9 Å². The van der Waals surface area contributed by atoms with Crippen LogP contribution in [0.5, 0.6) is 5.75 Å². The summed E-state index contributed by atoms with van der Waals surface area (Å²) in [4.78, 5) is 37.9. The number of imidazole rings is 1. The number of carbonyl (C=O) groups excluding carboxylic acids is 2. The van der Waals surface area contributed by atoms with Crippen LogP contribution < -0.4 is 20.7 Å². The molecule has 1 fully saturated rings. The number of para-hydroxylation sites is 1. The summed E-state index contributed by atoms with van der Waals surface area (Å²) in [6.45, 7) is 3.85. The van der Waals surface area contributed by atoms with Crippen molar-refractivity contribution < 1.29 is 50.9 Å². The number of nitrogen functional groups attached to an aromatic ring is 1. The number of halogens is 2. The van der Waals surface area contributed by atoms with E-state index in [4.69, 9.17) is 33.7 Å². The van der Waals surface area contributed by atoms with E-state index in [1.165, 1.54) is 19.1 Å². The van der Waals surface area contributed by atoms with Crippen LogP contribution in [0.15, 0.2) is 67.0 Å². The van der Waals surface area contributed by atoms with E-state index in [1.54, 1.807) is 69.4 Å². The number of alkyl halides is 2. The molecule has 0 saturated carbocycles. The summed E-state index contributed by atoms with van der Waals surface area (Å²) in [6, 6.07) is 14.9. The van der Waals surface area contributed by atoms with Gasteiger partial charge >= 0.3 is 19.9 Å². The van der Waals surface area contributed by atoms with Crippen molar-refractivity contribution in [2.75, 3.05) is 24.7 Å². The number of nitrogens with two attached hydrogens (primary N) is 1. The SMILES string of the molecule is CNc1nc(N)nc2c1ncn2[C@@H]1O[C@](F)(COP(=O)(N[C@@H](C)C(=O)OC(C)C)Oc2ccccc2)[C@@H](OC(=O)OCc2ccccc2)[C@@]1(C)F. The van der Waals surface area contributed by atoms with Crippen molar-refractivity contribution in [2.45, 2.75) is 70.3 Å². The predicted octanol–water partition coefficient (Wildman–Crippen LogP) is 5.23. The van der Waals surface area contributed by atoms with Crippen LogP contribution in [0.4, 0.5) is 25.3 Å². The van der Waals surface area contributed by atoms with Crippen LogP contribution in [0.25, 0.3) is 11.2 Å². The van der Waals surface area contributed by atoms with Crippen LogP contribution in [0, 0.1) is 0 Å². The maximum absolute atomic E-state index is 17.3. The van der Waals surface area contributed by atoms with Gasteiger partial charge < -0.3 is 34.5 Å². The molecule has 1 unspecified atom stereocenters. The Morgan fingerprint density at radius 2 is 1.75 bits per heavy atom. The van der Waals surface area contributed by atoms with Crippen molar-refractivity contribution in [3.8, 4) is 5.75 Å². The molecule has 5 rings (SSSR count). The first-order valence-electron chi connectivity index (χ1n) is 15.7. The molecule has 0 bridgehead atoms. The second-order valence-electron chi connectivity index (χ2n) is 11.9. The Morgan fingerprint density at radius 3 is 2.39 bits per heavy atom. The largest absolute Gasteiger partial charge is 0.509 e. The average molecular weight is 734 g/mol. The van der Waals surface area contributed by atoms with E-state index in [-0.39, 0.29) is 35.3 Å². The average Bonchev–Trinajstić information content (AvgIpc) is 3.58. The zero-order chi connectivity index (χ0) is 37.0.